The Morgan fingerprint density at radius 2 is 2.09 bits per heavy atom. The Bertz CT molecular complexity index is 1460. The van der Waals surface area contributed by atoms with E-state index in [1.807, 2.05) is 6.07 Å². The number of likely N-dealkylation sites (tertiary alicyclic amines) is 1. The van der Waals surface area contributed by atoms with Gasteiger partial charge in [-0.3, -0.25) is 9.48 Å². The Balaban J connectivity index is 1.82. The van der Waals surface area contributed by atoms with Crippen molar-refractivity contribution in [2.24, 2.45) is 0 Å². The zero-order chi connectivity index (χ0) is 24.7. The SMILES string of the molecule is CS(=O)(=O)c1ccc(Nc2nn([C@]3(CC#N)CCN(C(=O)O)C[C@@H]3F)c3cc[nH]c(=O)c23)cc1. The van der Waals surface area contributed by atoms with Crippen LogP contribution in [0.25, 0.3) is 10.9 Å². The molecule has 1 amide bonds. The molecule has 13 heteroatoms. The van der Waals surface area contributed by atoms with Crippen LogP contribution in [0.15, 0.2) is 46.2 Å². The van der Waals surface area contributed by atoms with E-state index in [2.05, 4.69) is 15.4 Å². The number of piperidine rings is 1. The molecular weight excluding hydrogens is 467 g/mol. The predicted octanol–water partition coefficient (Wildman–Crippen LogP) is 2.20. The second-order valence-corrected chi connectivity index (χ2v) is 10.1. The summed E-state index contributed by atoms with van der Waals surface area (Å²) in [4.78, 5) is 27.6. The van der Waals surface area contributed by atoms with E-state index in [4.69, 9.17) is 0 Å². The summed E-state index contributed by atoms with van der Waals surface area (Å²) in [6.45, 7) is -0.436. The highest BCUT2D eigenvalue weighted by Crippen LogP contribution is 2.39. The third-order valence-electron chi connectivity index (χ3n) is 6.00. The first-order valence-corrected chi connectivity index (χ1v) is 12.1. The quantitative estimate of drug-likeness (QED) is 0.492. The van der Waals surface area contributed by atoms with E-state index in [9.17, 15) is 28.4 Å². The zero-order valence-corrected chi connectivity index (χ0v) is 18.8. The smallest absolute Gasteiger partial charge is 0.407 e. The van der Waals surface area contributed by atoms with E-state index in [1.54, 1.807) is 0 Å². The highest BCUT2D eigenvalue weighted by molar-refractivity contribution is 7.90. The largest absolute Gasteiger partial charge is 0.465 e. The lowest BCUT2D eigenvalue weighted by atomic mass is 9.83. The Labute approximate surface area is 193 Å². The maximum Gasteiger partial charge on any atom is 0.407 e. The standard InChI is InChI=1S/C21H21FN6O5S/c1-34(32,33)14-4-2-13(3-5-14)25-18-17-15(6-10-24-19(17)29)28(26-18)21(7-9-23)8-11-27(20(30)31)12-16(21)22/h2-6,10,16H,7-8,11-12H2,1H3,(H,24,29)(H,25,26)(H,30,31)/t16-,21+/m0/s1. The minimum atomic E-state index is -3.40. The van der Waals surface area contributed by atoms with E-state index in [0.29, 0.717) is 5.69 Å². The van der Waals surface area contributed by atoms with Crippen LogP contribution in [-0.4, -0.2) is 64.8 Å². The van der Waals surface area contributed by atoms with Gasteiger partial charge in [0.1, 0.15) is 17.1 Å². The third-order valence-corrected chi connectivity index (χ3v) is 7.13. The summed E-state index contributed by atoms with van der Waals surface area (Å²) in [6, 6.07) is 9.33. The molecule has 3 aromatic rings. The Morgan fingerprint density at radius 1 is 1.38 bits per heavy atom. The summed E-state index contributed by atoms with van der Waals surface area (Å²) in [5.74, 6) is 0.0918. The highest BCUT2D eigenvalue weighted by atomic mass is 32.2. The van der Waals surface area contributed by atoms with Crippen molar-refractivity contribution >= 4 is 38.3 Å². The van der Waals surface area contributed by atoms with Crippen molar-refractivity contribution in [1.82, 2.24) is 19.7 Å². The molecule has 2 aromatic heterocycles. The van der Waals surface area contributed by atoms with Crippen LogP contribution in [0.4, 0.5) is 20.7 Å². The first-order chi connectivity index (χ1) is 16.1. The number of nitrogens with zero attached hydrogens (tertiary/aromatic N) is 4. The van der Waals surface area contributed by atoms with Crippen molar-refractivity contribution in [3.8, 4) is 6.07 Å². The van der Waals surface area contributed by atoms with Gasteiger partial charge in [0.15, 0.2) is 15.7 Å². The minimum Gasteiger partial charge on any atom is -0.465 e. The number of amides is 1. The van der Waals surface area contributed by atoms with Gasteiger partial charge < -0.3 is 20.3 Å². The van der Waals surface area contributed by atoms with Crippen LogP contribution in [0.5, 0.6) is 0 Å². The molecule has 11 nitrogen and oxygen atoms in total. The molecule has 2 atom stereocenters. The number of fused-ring (bicyclic) bond motifs is 1. The number of sulfone groups is 1. The Kier molecular flexibility index (Phi) is 5.78. The number of alkyl halides is 1. The molecule has 1 aliphatic rings. The first-order valence-electron chi connectivity index (χ1n) is 10.2. The van der Waals surface area contributed by atoms with Crippen LogP contribution >= 0.6 is 0 Å². The molecule has 178 valence electrons. The number of anilines is 2. The molecule has 0 aliphatic carbocycles. The number of aromatic nitrogens is 3. The summed E-state index contributed by atoms with van der Waals surface area (Å²) >= 11 is 0. The van der Waals surface area contributed by atoms with Gasteiger partial charge in [-0.1, -0.05) is 0 Å². The fourth-order valence-corrected chi connectivity index (χ4v) is 4.82. The second kappa shape index (κ2) is 8.45. The van der Waals surface area contributed by atoms with Crippen molar-refractivity contribution in [3.63, 3.8) is 0 Å². The van der Waals surface area contributed by atoms with Gasteiger partial charge in [-0.05, 0) is 36.8 Å². The molecule has 0 spiro atoms. The van der Waals surface area contributed by atoms with Crippen molar-refractivity contribution in [2.75, 3.05) is 24.7 Å². The number of carbonyl (C=O) groups is 1. The molecule has 1 fully saturated rings. The number of nitriles is 1. The topological polar surface area (TPSA) is 161 Å². The van der Waals surface area contributed by atoms with Gasteiger partial charge in [0, 0.05) is 24.7 Å². The minimum absolute atomic E-state index is 0.00229. The number of H-pyrrole nitrogens is 1. The number of rotatable bonds is 5. The molecular formula is C21H21FN6O5S. The van der Waals surface area contributed by atoms with Gasteiger partial charge in [-0.2, -0.15) is 10.4 Å². The van der Waals surface area contributed by atoms with Gasteiger partial charge in [0.25, 0.3) is 5.56 Å². The molecule has 1 aliphatic heterocycles. The lowest BCUT2D eigenvalue weighted by Gasteiger charge is -2.42. The highest BCUT2D eigenvalue weighted by Gasteiger charge is 2.48. The van der Waals surface area contributed by atoms with Gasteiger partial charge in [-0.25, -0.2) is 17.6 Å². The lowest BCUT2D eigenvalue weighted by Crippen LogP contribution is -2.56. The molecule has 0 bridgehead atoms. The number of halogens is 1. The predicted molar refractivity (Wildman–Crippen MR) is 121 cm³/mol. The maximum absolute atomic E-state index is 15.5. The number of aromatic amines is 1. The fourth-order valence-electron chi connectivity index (χ4n) is 4.19. The lowest BCUT2D eigenvalue weighted by molar-refractivity contribution is 0.0170. The van der Waals surface area contributed by atoms with E-state index in [0.717, 1.165) is 11.2 Å². The van der Waals surface area contributed by atoms with Gasteiger partial charge >= 0.3 is 6.09 Å². The average Bonchev–Trinajstić information content (AvgIpc) is 3.15. The van der Waals surface area contributed by atoms with Crippen LogP contribution in [-0.2, 0) is 15.4 Å². The van der Waals surface area contributed by atoms with E-state index in [-0.39, 0.29) is 41.0 Å². The number of carboxylic acid groups (broad SMARTS) is 1. The molecule has 0 unspecified atom stereocenters. The van der Waals surface area contributed by atoms with Crippen LogP contribution < -0.4 is 10.9 Å². The summed E-state index contributed by atoms with van der Waals surface area (Å²) in [6.07, 6.45) is -0.834. The number of hydrogen-bond donors (Lipinski definition) is 3. The summed E-state index contributed by atoms with van der Waals surface area (Å²) in [5, 5.41) is 26.3. The van der Waals surface area contributed by atoms with E-state index >= 15 is 4.39 Å². The molecule has 0 saturated carbocycles. The maximum atomic E-state index is 15.5. The molecule has 3 heterocycles. The molecule has 0 radical (unpaired) electrons. The molecule has 3 N–H and O–H groups in total. The number of nitrogens with one attached hydrogen (secondary N) is 2. The summed E-state index contributed by atoms with van der Waals surface area (Å²) in [5.41, 5.74) is -1.26. The van der Waals surface area contributed by atoms with Crippen molar-refractivity contribution < 1.29 is 22.7 Å². The first kappa shape index (κ1) is 23.2. The average molecular weight is 489 g/mol. The number of pyridine rings is 1. The zero-order valence-electron chi connectivity index (χ0n) is 18.0. The second-order valence-electron chi connectivity index (χ2n) is 8.13. The third kappa shape index (κ3) is 3.96. The monoisotopic (exact) mass is 488 g/mol. The van der Waals surface area contributed by atoms with E-state index in [1.165, 1.54) is 41.2 Å². The molecule has 34 heavy (non-hydrogen) atoms. The van der Waals surface area contributed by atoms with Crippen LogP contribution in [0.1, 0.15) is 12.8 Å². The van der Waals surface area contributed by atoms with Crippen molar-refractivity contribution in [3.05, 3.63) is 46.9 Å². The van der Waals surface area contributed by atoms with Gasteiger partial charge in [0.05, 0.1) is 29.4 Å². The Hall–Kier alpha value is -3.92. The number of benzene rings is 1. The number of hydrogen-bond acceptors (Lipinski definition) is 7. The Morgan fingerprint density at radius 3 is 2.68 bits per heavy atom. The summed E-state index contributed by atoms with van der Waals surface area (Å²) < 4.78 is 40.2. The van der Waals surface area contributed by atoms with Crippen molar-refractivity contribution in [2.45, 2.75) is 29.4 Å². The molecule has 1 aromatic carbocycles. The van der Waals surface area contributed by atoms with Crippen LogP contribution in [0.2, 0.25) is 0 Å². The summed E-state index contributed by atoms with van der Waals surface area (Å²) in [7, 11) is -3.40. The fraction of sp³-hybridized carbons (Fsp3) is 0.333. The van der Waals surface area contributed by atoms with Gasteiger partial charge in [-0.15, -0.1) is 0 Å². The van der Waals surface area contributed by atoms with E-state index < -0.39 is 39.7 Å². The van der Waals surface area contributed by atoms with Gasteiger partial charge in [0.2, 0.25) is 0 Å². The van der Waals surface area contributed by atoms with Crippen LogP contribution in [0.3, 0.4) is 0 Å². The van der Waals surface area contributed by atoms with Crippen molar-refractivity contribution in [1.29, 1.82) is 5.26 Å². The van der Waals surface area contributed by atoms with Crippen LogP contribution in [0, 0.1) is 11.3 Å². The normalized spacial score (nSPS) is 20.7. The molecule has 4 rings (SSSR count). The molecule has 1 saturated heterocycles.